The van der Waals surface area contributed by atoms with Crippen LogP contribution in [0.4, 0.5) is 0 Å². The molecule has 90 valence electrons. The number of carbonyl (C=O) groups excluding carboxylic acids is 1. The average Bonchev–Trinajstić information content (AvgIpc) is 2.55. The summed E-state index contributed by atoms with van der Waals surface area (Å²) < 4.78 is 5.29. The first kappa shape index (κ1) is 12.8. The van der Waals surface area contributed by atoms with Crippen molar-refractivity contribution in [2.45, 2.75) is 27.2 Å². The van der Waals surface area contributed by atoms with E-state index in [9.17, 15) is 4.79 Å². The van der Waals surface area contributed by atoms with E-state index in [1.807, 2.05) is 13.8 Å². The van der Waals surface area contributed by atoms with Gasteiger partial charge in [0.25, 0.3) is 5.91 Å². The molecule has 0 aliphatic heterocycles. The highest BCUT2D eigenvalue weighted by molar-refractivity contribution is 5.95. The van der Waals surface area contributed by atoms with E-state index >= 15 is 0 Å². The first-order chi connectivity index (χ1) is 7.54. The molecule has 1 atom stereocenters. The Labute approximate surface area is 95.7 Å². The van der Waals surface area contributed by atoms with Gasteiger partial charge in [-0.1, -0.05) is 6.92 Å². The van der Waals surface area contributed by atoms with E-state index in [4.69, 9.17) is 9.52 Å². The molecular formula is C12H19NO3. The molecule has 0 saturated heterocycles. The SMILES string of the molecule is Cc1cc(C(=O)NCC(C)CCO)c(C)o1. The molecule has 1 amide bonds. The van der Waals surface area contributed by atoms with Crippen molar-refractivity contribution < 1.29 is 14.3 Å². The number of amides is 1. The molecule has 4 nitrogen and oxygen atoms in total. The van der Waals surface area contributed by atoms with E-state index in [1.165, 1.54) is 0 Å². The summed E-state index contributed by atoms with van der Waals surface area (Å²) in [4.78, 5) is 11.8. The van der Waals surface area contributed by atoms with Crippen molar-refractivity contribution >= 4 is 5.91 Å². The third-order valence-corrected chi connectivity index (χ3v) is 2.52. The molecule has 0 fully saturated rings. The molecule has 0 aliphatic rings. The van der Waals surface area contributed by atoms with Crippen molar-refractivity contribution in [1.82, 2.24) is 5.32 Å². The van der Waals surface area contributed by atoms with Gasteiger partial charge in [-0.2, -0.15) is 0 Å². The van der Waals surface area contributed by atoms with E-state index < -0.39 is 0 Å². The van der Waals surface area contributed by atoms with Gasteiger partial charge in [0.05, 0.1) is 5.56 Å². The van der Waals surface area contributed by atoms with Crippen LogP contribution in [0.25, 0.3) is 0 Å². The maximum Gasteiger partial charge on any atom is 0.254 e. The number of hydrogen-bond acceptors (Lipinski definition) is 3. The van der Waals surface area contributed by atoms with Crippen LogP contribution < -0.4 is 5.32 Å². The molecule has 16 heavy (non-hydrogen) atoms. The van der Waals surface area contributed by atoms with Gasteiger partial charge in [-0.05, 0) is 32.3 Å². The lowest BCUT2D eigenvalue weighted by Crippen LogP contribution is -2.28. The second kappa shape index (κ2) is 5.70. The van der Waals surface area contributed by atoms with E-state index in [-0.39, 0.29) is 18.4 Å². The van der Waals surface area contributed by atoms with Crippen molar-refractivity contribution in [3.05, 3.63) is 23.2 Å². The summed E-state index contributed by atoms with van der Waals surface area (Å²) >= 11 is 0. The molecule has 1 rings (SSSR count). The van der Waals surface area contributed by atoms with Crippen LogP contribution in [-0.2, 0) is 0 Å². The zero-order valence-electron chi connectivity index (χ0n) is 10.0. The molecule has 0 bridgehead atoms. The van der Waals surface area contributed by atoms with Gasteiger partial charge in [0.15, 0.2) is 0 Å². The lowest BCUT2D eigenvalue weighted by atomic mass is 10.1. The van der Waals surface area contributed by atoms with Gasteiger partial charge in [0.1, 0.15) is 11.5 Å². The van der Waals surface area contributed by atoms with Gasteiger partial charge in [-0.3, -0.25) is 4.79 Å². The van der Waals surface area contributed by atoms with Crippen LogP contribution in [0.3, 0.4) is 0 Å². The fraction of sp³-hybridized carbons (Fsp3) is 0.583. The Morgan fingerprint density at radius 2 is 2.25 bits per heavy atom. The van der Waals surface area contributed by atoms with Crippen molar-refractivity contribution in [2.24, 2.45) is 5.92 Å². The van der Waals surface area contributed by atoms with E-state index in [1.54, 1.807) is 13.0 Å². The number of rotatable bonds is 5. The fourth-order valence-electron chi connectivity index (χ4n) is 1.54. The largest absolute Gasteiger partial charge is 0.466 e. The van der Waals surface area contributed by atoms with E-state index in [2.05, 4.69) is 5.32 Å². The highest BCUT2D eigenvalue weighted by atomic mass is 16.3. The molecule has 0 saturated carbocycles. The zero-order chi connectivity index (χ0) is 12.1. The Kier molecular flexibility index (Phi) is 4.55. The molecule has 2 N–H and O–H groups in total. The number of aryl methyl sites for hydroxylation is 2. The van der Waals surface area contributed by atoms with Crippen molar-refractivity contribution in [3.63, 3.8) is 0 Å². The number of hydrogen-bond donors (Lipinski definition) is 2. The van der Waals surface area contributed by atoms with Crippen LogP contribution in [0.15, 0.2) is 10.5 Å². The van der Waals surface area contributed by atoms with Crippen LogP contribution >= 0.6 is 0 Å². The van der Waals surface area contributed by atoms with Crippen LogP contribution in [-0.4, -0.2) is 24.2 Å². The van der Waals surface area contributed by atoms with E-state index in [0.29, 0.717) is 24.3 Å². The summed E-state index contributed by atoms with van der Waals surface area (Å²) in [6, 6.07) is 1.74. The predicted molar refractivity (Wildman–Crippen MR) is 61.4 cm³/mol. The number of aliphatic hydroxyl groups excluding tert-OH is 1. The topological polar surface area (TPSA) is 62.5 Å². The van der Waals surface area contributed by atoms with Crippen LogP contribution in [0.1, 0.15) is 35.2 Å². The number of furan rings is 1. The molecule has 1 aromatic heterocycles. The Morgan fingerprint density at radius 1 is 1.56 bits per heavy atom. The van der Waals surface area contributed by atoms with Crippen LogP contribution in [0, 0.1) is 19.8 Å². The number of aliphatic hydroxyl groups is 1. The minimum Gasteiger partial charge on any atom is -0.466 e. The van der Waals surface area contributed by atoms with Crippen LogP contribution in [0.5, 0.6) is 0 Å². The molecule has 0 aromatic carbocycles. The summed E-state index contributed by atoms with van der Waals surface area (Å²) in [7, 11) is 0. The minimum atomic E-state index is -0.112. The van der Waals surface area contributed by atoms with Crippen molar-refractivity contribution in [2.75, 3.05) is 13.2 Å². The maximum absolute atomic E-state index is 11.8. The van der Waals surface area contributed by atoms with Gasteiger partial charge >= 0.3 is 0 Å². The fourth-order valence-corrected chi connectivity index (χ4v) is 1.54. The third kappa shape index (κ3) is 3.38. The average molecular weight is 225 g/mol. The van der Waals surface area contributed by atoms with Crippen molar-refractivity contribution in [3.8, 4) is 0 Å². The first-order valence-electron chi connectivity index (χ1n) is 5.50. The van der Waals surface area contributed by atoms with Crippen molar-refractivity contribution in [1.29, 1.82) is 0 Å². The quantitative estimate of drug-likeness (QED) is 0.800. The molecule has 4 heteroatoms. The van der Waals surface area contributed by atoms with Gasteiger partial charge in [-0.25, -0.2) is 0 Å². The summed E-state index contributed by atoms with van der Waals surface area (Å²) in [5.74, 6) is 1.55. The van der Waals surface area contributed by atoms with Gasteiger partial charge in [0.2, 0.25) is 0 Å². The zero-order valence-corrected chi connectivity index (χ0v) is 10.0. The molecule has 1 aromatic rings. The molecule has 1 heterocycles. The monoisotopic (exact) mass is 225 g/mol. The maximum atomic E-state index is 11.8. The smallest absolute Gasteiger partial charge is 0.254 e. The number of nitrogens with one attached hydrogen (secondary N) is 1. The second-order valence-corrected chi connectivity index (χ2v) is 4.15. The molecular weight excluding hydrogens is 206 g/mol. The molecule has 0 spiro atoms. The normalized spacial score (nSPS) is 12.5. The third-order valence-electron chi connectivity index (χ3n) is 2.52. The highest BCUT2D eigenvalue weighted by Crippen LogP contribution is 2.13. The van der Waals surface area contributed by atoms with Crippen LogP contribution in [0.2, 0.25) is 0 Å². The van der Waals surface area contributed by atoms with Gasteiger partial charge < -0.3 is 14.8 Å². The molecule has 1 unspecified atom stereocenters. The Bertz CT molecular complexity index is 357. The summed E-state index contributed by atoms with van der Waals surface area (Å²) in [5, 5.41) is 11.6. The Morgan fingerprint density at radius 3 is 2.75 bits per heavy atom. The van der Waals surface area contributed by atoms with Gasteiger partial charge in [0, 0.05) is 13.2 Å². The lowest BCUT2D eigenvalue weighted by molar-refractivity contribution is 0.0944. The minimum absolute atomic E-state index is 0.112. The first-order valence-corrected chi connectivity index (χ1v) is 5.50. The lowest BCUT2D eigenvalue weighted by Gasteiger charge is -2.10. The standard InChI is InChI=1S/C12H19NO3/c1-8(4-5-14)7-13-12(15)11-6-9(2)16-10(11)3/h6,8,14H,4-5,7H2,1-3H3,(H,13,15). The second-order valence-electron chi connectivity index (χ2n) is 4.15. The Balaban J connectivity index is 2.50. The Hall–Kier alpha value is -1.29. The van der Waals surface area contributed by atoms with Gasteiger partial charge in [-0.15, -0.1) is 0 Å². The summed E-state index contributed by atoms with van der Waals surface area (Å²) in [5.41, 5.74) is 0.591. The predicted octanol–water partition coefficient (Wildman–Crippen LogP) is 1.64. The highest BCUT2D eigenvalue weighted by Gasteiger charge is 2.13. The summed E-state index contributed by atoms with van der Waals surface area (Å²) in [6.45, 7) is 6.31. The number of carbonyl (C=O) groups is 1. The molecule has 0 aliphatic carbocycles. The summed E-state index contributed by atoms with van der Waals surface area (Å²) in [6.07, 6.45) is 0.698. The van der Waals surface area contributed by atoms with E-state index in [0.717, 1.165) is 5.76 Å². The molecule has 0 radical (unpaired) electrons.